The predicted molar refractivity (Wildman–Crippen MR) is 96.9 cm³/mol. The van der Waals surface area contributed by atoms with Gasteiger partial charge in [0.15, 0.2) is 0 Å². The van der Waals surface area contributed by atoms with E-state index in [9.17, 15) is 24.5 Å². The zero-order valence-electron chi connectivity index (χ0n) is 14.3. The standard InChI is InChI=1S/C17H16N4O5S/c1-17(11-4-2-5-12(8-11)21(25)26)15(23)20(16(24)19-17)10-14(22)18-9-13-6-3-7-27-13/h2-8H,9-10H2,1H3,(H,18,22)(H,19,24). The Morgan fingerprint density at radius 1 is 1.33 bits per heavy atom. The molecular formula is C17H16N4O5S. The molecule has 10 heteroatoms. The molecule has 0 aliphatic carbocycles. The molecule has 2 heterocycles. The second-order valence-corrected chi connectivity index (χ2v) is 7.14. The summed E-state index contributed by atoms with van der Waals surface area (Å²) in [4.78, 5) is 49.3. The fourth-order valence-electron chi connectivity index (χ4n) is 2.77. The van der Waals surface area contributed by atoms with Crippen molar-refractivity contribution < 1.29 is 19.3 Å². The topological polar surface area (TPSA) is 122 Å². The molecule has 1 atom stereocenters. The van der Waals surface area contributed by atoms with Crippen LogP contribution in [-0.2, 0) is 21.7 Å². The quantitative estimate of drug-likeness (QED) is 0.443. The normalized spacial score (nSPS) is 19.1. The number of imide groups is 1. The third-order valence-corrected chi connectivity index (χ3v) is 5.13. The first-order chi connectivity index (χ1) is 12.8. The molecule has 0 saturated carbocycles. The van der Waals surface area contributed by atoms with Gasteiger partial charge in [-0.25, -0.2) is 4.79 Å². The number of thiophene rings is 1. The number of nitro benzene ring substituents is 1. The molecular weight excluding hydrogens is 372 g/mol. The van der Waals surface area contributed by atoms with E-state index in [4.69, 9.17) is 0 Å². The number of amides is 4. The van der Waals surface area contributed by atoms with Crippen LogP contribution >= 0.6 is 11.3 Å². The number of nitro groups is 1. The first-order valence-corrected chi connectivity index (χ1v) is 8.87. The number of non-ortho nitro benzene ring substituents is 1. The summed E-state index contributed by atoms with van der Waals surface area (Å²) in [7, 11) is 0. The number of urea groups is 1. The summed E-state index contributed by atoms with van der Waals surface area (Å²) in [6.07, 6.45) is 0. The molecule has 0 spiro atoms. The zero-order valence-corrected chi connectivity index (χ0v) is 15.1. The fourth-order valence-corrected chi connectivity index (χ4v) is 3.41. The molecule has 1 aliphatic heterocycles. The van der Waals surface area contributed by atoms with Crippen molar-refractivity contribution in [2.75, 3.05) is 6.54 Å². The van der Waals surface area contributed by atoms with Gasteiger partial charge in [0.1, 0.15) is 12.1 Å². The summed E-state index contributed by atoms with van der Waals surface area (Å²) >= 11 is 1.48. The molecule has 1 fully saturated rings. The van der Waals surface area contributed by atoms with Crippen molar-refractivity contribution in [2.45, 2.75) is 19.0 Å². The highest BCUT2D eigenvalue weighted by atomic mass is 32.1. The number of hydrogen-bond donors (Lipinski definition) is 2. The Kier molecular flexibility index (Phi) is 4.91. The molecule has 0 bridgehead atoms. The molecule has 1 saturated heterocycles. The van der Waals surface area contributed by atoms with Crippen molar-refractivity contribution in [3.63, 3.8) is 0 Å². The minimum atomic E-state index is -1.48. The van der Waals surface area contributed by atoms with Gasteiger partial charge in [-0.3, -0.25) is 24.6 Å². The Morgan fingerprint density at radius 2 is 2.11 bits per heavy atom. The second-order valence-electron chi connectivity index (χ2n) is 6.11. The van der Waals surface area contributed by atoms with E-state index in [-0.39, 0.29) is 11.3 Å². The van der Waals surface area contributed by atoms with Gasteiger partial charge in [0.2, 0.25) is 5.91 Å². The van der Waals surface area contributed by atoms with Crippen molar-refractivity contribution in [2.24, 2.45) is 0 Å². The minimum absolute atomic E-state index is 0.192. The molecule has 0 radical (unpaired) electrons. The van der Waals surface area contributed by atoms with Crippen LogP contribution in [0.5, 0.6) is 0 Å². The Balaban J connectivity index is 1.73. The van der Waals surface area contributed by atoms with E-state index in [2.05, 4.69) is 10.6 Å². The highest BCUT2D eigenvalue weighted by molar-refractivity contribution is 7.09. The Labute approximate surface area is 158 Å². The van der Waals surface area contributed by atoms with E-state index in [0.29, 0.717) is 6.54 Å². The monoisotopic (exact) mass is 388 g/mol. The third kappa shape index (κ3) is 3.65. The Bertz CT molecular complexity index is 914. The van der Waals surface area contributed by atoms with Crippen molar-refractivity contribution in [3.8, 4) is 0 Å². The Morgan fingerprint density at radius 3 is 2.78 bits per heavy atom. The molecule has 3 rings (SSSR count). The average Bonchev–Trinajstić information content (AvgIpc) is 3.23. The van der Waals surface area contributed by atoms with Gasteiger partial charge in [-0.15, -0.1) is 11.3 Å². The van der Waals surface area contributed by atoms with Crippen LogP contribution in [0.1, 0.15) is 17.4 Å². The number of hydrogen-bond acceptors (Lipinski definition) is 6. The molecule has 2 aromatic rings. The van der Waals surface area contributed by atoms with Gasteiger partial charge in [0, 0.05) is 17.0 Å². The van der Waals surface area contributed by atoms with Gasteiger partial charge in [-0.05, 0) is 23.9 Å². The van der Waals surface area contributed by atoms with Gasteiger partial charge in [0.25, 0.3) is 11.6 Å². The highest BCUT2D eigenvalue weighted by Crippen LogP contribution is 2.30. The van der Waals surface area contributed by atoms with Crippen LogP contribution in [0.4, 0.5) is 10.5 Å². The van der Waals surface area contributed by atoms with E-state index < -0.39 is 34.9 Å². The number of carbonyl (C=O) groups excluding carboxylic acids is 3. The number of carbonyl (C=O) groups is 3. The van der Waals surface area contributed by atoms with E-state index in [1.807, 2.05) is 17.5 Å². The lowest BCUT2D eigenvalue weighted by molar-refractivity contribution is -0.385. The van der Waals surface area contributed by atoms with Crippen LogP contribution in [0, 0.1) is 10.1 Å². The summed E-state index contributed by atoms with van der Waals surface area (Å²) in [5, 5.41) is 18.0. The fraction of sp³-hybridized carbons (Fsp3) is 0.235. The molecule has 1 aliphatic rings. The summed E-state index contributed by atoms with van der Waals surface area (Å²) in [6.45, 7) is 1.33. The molecule has 4 amide bonds. The summed E-state index contributed by atoms with van der Waals surface area (Å²) in [5.41, 5.74) is -1.39. The summed E-state index contributed by atoms with van der Waals surface area (Å²) < 4.78 is 0. The number of nitrogens with one attached hydrogen (secondary N) is 2. The molecule has 1 unspecified atom stereocenters. The maximum absolute atomic E-state index is 12.8. The van der Waals surface area contributed by atoms with Gasteiger partial charge < -0.3 is 10.6 Å². The van der Waals surface area contributed by atoms with Gasteiger partial charge in [0.05, 0.1) is 11.5 Å². The van der Waals surface area contributed by atoms with Gasteiger partial charge in [-0.2, -0.15) is 0 Å². The van der Waals surface area contributed by atoms with Crippen LogP contribution < -0.4 is 10.6 Å². The molecule has 1 aromatic carbocycles. The number of rotatable bonds is 6. The van der Waals surface area contributed by atoms with Crippen LogP contribution in [0.15, 0.2) is 41.8 Å². The lowest BCUT2D eigenvalue weighted by Crippen LogP contribution is -2.43. The van der Waals surface area contributed by atoms with Gasteiger partial charge in [-0.1, -0.05) is 18.2 Å². The largest absolute Gasteiger partial charge is 0.350 e. The predicted octanol–water partition coefficient (Wildman–Crippen LogP) is 1.74. The van der Waals surface area contributed by atoms with Crippen molar-refractivity contribution in [3.05, 3.63) is 62.3 Å². The van der Waals surface area contributed by atoms with Crippen LogP contribution in [0.2, 0.25) is 0 Å². The zero-order chi connectivity index (χ0) is 19.6. The van der Waals surface area contributed by atoms with Crippen molar-refractivity contribution >= 4 is 34.9 Å². The average molecular weight is 388 g/mol. The number of benzene rings is 1. The molecule has 1 aromatic heterocycles. The lowest BCUT2D eigenvalue weighted by Gasteiger charge is -2.22. The maximum Gasteiger partial charge on any atom is 0.325 e. The SMILES string of the molecule is CC1(c2cccc([N+](=O)[O-])c2)NC(=O)N(CC(=O)NCc2cccs2)C1=O. The maximum atomic E-state index is 12.8. The van der Waals surface area contributed by atoms with Crippen LogP contribution in [-0.4, -0.2) is 34.2 Å². The van der Waals surface area contributed by atoms with E-state index in [1.165, 1.54) is 42.5 Å². The van der Waals surface area contributed by atoms with Crippen molar-refractivity contribution in [1.82, 2.24) is 15.5 Å². The van der Waals surface area contributed by atoms with Crippen LogP contribution in [0.25, 0.3) is 0 Å². The molecule has 2 N–H and O–H groups in total. The van der Waals surface area contributed by atoms with Crippen molar-refractivity contribution in [1.29, 1.82) is 0 Å². The van der Waals surface area contributed by atoms with Gasteiger partial charge >= 0.3 is 6.03 Å². The number of nitrogens with zero attached hydrogens (tertiary/aromatic N) is 2. The summed E-state index contributed by atoms with van der Waals surface area (Å²) in [5.74, 6) is -1.12. The third-order valence-electron chi connectivity index (χ3n) is 4.25. The first kappa shape index (κ1) is 18.5. The lowest BCUT2D eigenvalue weighted by atomic mass is 9.91. The molecule has 140 valence electrons. The Hall–Kier alpha value is -3.27. The second kappa shape index (κ2) is 7.16. The first-order valence-electron chi connectivity index (χ1n) is 7.99. The van der Waals surface area contributed by atoms with E-state index >= 15 is 0 Å². The highest BCUT2D eigenvalue weighted by Gasteiger charge is 2.49. The van der Waals surface area contributed by atoms with Crippen LogP contribution in [0.3, 0.4) is 0 Å². The smallest absolute Gasteiger partial charge is 0.325 e. The van der Waals surface area contributed by atoms with E-state index in [0.717, 1.165) is 9.78 Å². The van der Waals surface area contributed by atoms with E-state index in [1.54, 1.807) is 0 Å². The molecule has 9 nitrogen and oxygen atoms in total. The summed E-state index contributed by atoms with van der Waals surface area (Å²) in [6, 6.07) is 8.48. The molecule has 27 heavy (non-hydrogen) atoms. The minimum Gasteiger partial charge on any atom is -0.350 e.